The average molecular weight is 504 g/mol. The lowest BCUT2D eigenvalue weighted by molar-refractivity contribution is -0.131. The first-order valence-electron chi connectivity index (χ1n) is 11.4. The molecule has 8 heteroatoms. The Labute approximate surface area is 210 Å². The number of carboxylic acids is 1. The molecule has 36 heavy (non-hydrogen) atoms. The van der Waals surface area contributed by atoms with E-state index in [1.807, 2.05) is 0 Å². The molecule has 6 nitrogen and oxygen atoms in total. The van der Waals surface area contributed by atoms with E-state index < -0.39 is 5.97 Å². The molecule has 2 heterocycles. The van der Waals surface area contributed by atoms with Crippen molar-refractivity contribution < 1.29 is 28.9 Å². The lowest BCUT2D eigenvalue weighted by atomic mass is 10.0. The van der Waals surface area contributed by atoms with Crippen molar-refractivity contribution in [3.8, 4) is 27.7 Å². The van der Waals surface area contributed by atoms with E-state index in [4.69, 9.17) is 9.84 Å². The predicted octanol–water partition coefficient (Wildman–Crippen LogP) is 6.43. The lowest BCUT2D eigenvalue weighted by Gasteiger charge is -2.18. The van der Waals surface area contributed by atoms with Crippen LogP contribution in [0, 0.1) is 5.82 Å². The van der Waals surface area contributed by atoms with Gasteiger partial charge in [0.2, 0.25) is 5.91 Å². The van der Waals surface area contributed by atoms with Crippen LogP contribution in [0.1, 0.15) is 24.0 Å². The molecule has 1 amide bonds. The van der Waals surface area contributed by atoms with Gasteiger partial charge in [-0.25, -0.2) is 9.18 Å². The number of hydrogen-bond donors (Lipinski definition) is 2. The molecule has 0 spiro atoms. The fraction of sp³-hybridized carbons (Fsp3) is 0.143. The number of fused-ring (bicyclic) bond motifs is 1. The van der Waals surface area contributed by atoms with Crippen LogP contribution in [0.5, 0.6) is 17.2 Å². The second-order valence-electron chi connectivity index (χ2n) is 8.50. The molecule has 1 fully saturated rings. The molecule has 0 saturated carbocycles. The van der Waals surface area contributed by atoms with Crippen molar-refractivity contribution >= 4 is 39.4 Å². The molecule has 0 radical (unpaired) electrons. The minimum atomic E-state index is -1.03. The number of thiophene rings is 1. The zero-order chi connectivity index (χ0) is 25.2. The zero-order valence-electron chi connectivity index (χ0n) is 19.1. The third-order valence-corrected chi connectivity index (χ3v) is 7.16. The second-order valence-corrected chi connectivity index (χ2v) is 9.56. The van der Waals surface area contributed by atoms with Gasteiger partial charge in [-0.3, -0.25) is 4.79 Å². The molecule has 1 aromatic heterocycles. The summed E-state index contributed by atoms with van der Waals surface area (Å²) in [6.45, 7) is 0.941. The molecule has 2 N–H and O–H groups in total. The summed E-state index contributed by atoms with van der Waals surface area (Å²) in [6, 6.07) is 16.5. The third-order valence-electron chi connectivity index (χ3n) is 5.99. The van der Waals surface area contributed by atoms with Gasteiger partial charge >= 0.3 is 5.97 Å². The third kappa shape index (κ3) is 4.94. The van der Waals surface area contributed by atoms with Crippen LogP contribution in [0.2, 0.25) is 0 Å². The van der Waals surface area contributed by atoms with E-state index >= 15 is 0 Å². The number of amides is 1. The van der Waals surface area contributed by atoms with Crippen molar-refractivity contribution in [3.63, 3.8) is 0 Å². The van der Waals surface area contributed by atoms with Crippen LogP contribution in [0.3, 0.4) is 0 Å². The number of carbonyl (C=O) groups is 2. The number of rotatable bonds is 7. The van der Waals surface area contributed by atoms with Gasteiger partial charge in [-0.1, -0.05) is 18.2 Å². The Balaban J connectivity index is 1.57. The molecule has 3 aromatic carbocycles. The van der Waals surface area contributed by atoms with Crippen LogP contribution in [0.25, 0.3) is 26.6 Å². The zero-order valence-corrected chi connectivity index (χ0v) is 19.9. The van der Waals surface area contributed by atoms with Crippen LogP contribution in [0.4, 0.5) is 4.39 Å². The van der Waals surface area contributed by atoms with Gasteiger partial charge in [0.25, 0.3) is 0 Å². The SMILES string of the molecule is O=C(O)C=Cc1ccc(Oc2c(-c3ccc(F)cc3CN3CCCC3=O)sc3cc(O)ccc23)cc1. The van der Waals surface area contributed by atoms with Gasteiger partial charge in [0, 0.05) is 41.2 Å². The maximum Gasteiger partial charge on any atom is 0.328 e. The number of hydrogen-bond acceptors (Lipinski definition) is 5. The number of phenolic OH excluding ortho intramolecular Hbond substituents is 1. The molecule has 0 bridgehead atoms. The number of halogens is 1. The van der Waals surface area contributed by atoms with Crippen molar-refractivity contribution in [2.75, 3.05) is 6.54 Å². The van der Waals surface area contributed by atoms with Gasteiger partial charge in [-0.2, -0.15) is 0 Å². The predicted molar refractivity (Wildman–Crippen MR) is 137 cm³/mol. The van der Waals surface area contributed by atoms with E-state index in [0.717, 1.165) is 33.0 Å². The molecule has 0 atom stereocenters. The first-order valence-corrected chi connectivity index (χ1v) is 12.2. The summed E-state index contributed by atoms with van der Waals surface area (Å²) in [5, 5.41) is 19.7. The number of likely N-dealkylation sites (tertiary alicyclic amines) is 1. The smallest absolute Gasteiger partial charge is 0.328 e. The second kappa shape index (κ2) is 9.83. The molecule has 1 aliphatic rings. The number of phenols is 1. The van der Waals surface area contributed by atoms with Gasteiger partial charge in [-0.05, 0) is 66.1 Å². The van der Waals surface area contributed by atoms with Crippen molar-refractivity contribution in [1.29, 1.82) is 0 Å². The Hall–Kier alpha value is -4.17. The Morgan fingerprint density at radius 3 is 2.64 bits per heavy atom. The van der Waals surface area contributed by atoms with Crippen LogP contribution in [0.15, 0.2) is 66.7 Å². The minimum absolute atomic E-state index is 0.0555. The van der Waals surface area contributed by atoms with E-state index in [1.165, 1.54) is 29.5 Å². The average Bonchev–Trinajstić information content (AvgIpc) is 3.41. The van der Waals surface area contributed by atoms with Gasteiger partial charge in [0.1, 0.15) is 17.3 Å². The highest BCUT2D eigenvalue weighted by atomic mass is 32.1. The molecule has 1 aliphatic heterocycles. The van der Waals surface area contributed by atoms with Crippen molar-refractivity contribution in [3.05, 3.63) is 83.7 Å². The molecule has 1 saturated heterocycles. The fourth-order valence-electron chi connectivity index (χ4n) is 4.26. The summed E-state index contributed by atoms with van der Waals surface area (Å²) in [4.78, 5) is 25.5. The molecule has 5 rings (SSSR count). The maximum absolute atomic E-state index is 14.3. The molecular weight excluding hydrogens is 481 g/mol. The van der Waals surface area contributed by atoms with Crippen molar-refractivity contribution in [2.24, 2.45) is 0 Å². The van der Waals surface area contributed by atoms with Gasteiger partial charge < -0.3 is 19.8 Å². The number of aromatic hydroxyl groups is 1. The van der Waals surface area contributed by atoms with Crippen molar-refractivity contribution in [2.45, 2.75) is 19.4 Å². The standard InChI is InChI=1S/C28H22FNO5S/c29-19-6-10-22(18(14-19)16-30-13-1-2-25(30)32)28-27(23-11-7-20(31)15-24(23)36-28)35-21-8-3-17(4-9-21)5-12-26(33)34/h3-12,14-15,31H,1-2,13,16H2,(H,33,34). The maximum atomic E-state index is 14.3. The van der Waals surface area contributed by atoms with Crippen LogP contribution < -0.4 is 4.74 Å². The Bertz CT molecular complexity index is 1490. The number of carboxylic acid groups (broad SMARTS) is 1. The summed E-state index contributed by atoms with van der Waals surface area (Å²) >= 11 is 1.42. The monoisotopic (exact) mass is 503 g/mol. The molecular formula is C28H22FNO5S. The summed E-state index contributed by atoms with van der Waals surface area (Å²) in [5.41, 5.74) is 2.15. The Kier molecular flexibility index (Phi) is 6.43. The number of nitrogens with zero attached hydrogens (tertiary/aromatic N) is 1. The highest BCUT2D eigenvalue weighted by molar-refractivity contribution is 7.22. The summed E-state index contributed by atoms with van der Waals surface area (Å²) in [5.74, 6) is -0.136. The topological polar surface area (TPSA) is 87.1 Å². The van der Waals surface area contributed by atoms with Crippen LogP contribution in [-0.2, 0) is 16.1 Å². The normalized spacial score (nSPS) is 13.7. The lowest BCUT2D eigenvalue weighted by Crippen LogP contribution is -2.24. The summed E-state index contributed by atoms with van der Waals surface area (Å²) in [6.07, 6.45) is 3.84. The molecule has 0 aliphatic carbocycles. The number of aliphatic carboxylic acids is 1. The minimum Gasteiger partial charge on any atom is -0.508 e. The van der Waals surface area contributed by atoms with Gasteiger partial charge in [-0.15, -0.1) is 11.3 Å². The van der Waals surface area contributed by atoms with Crippen molar-refractivity contribution in [1.82, 2.24) is 4.90 Å². The van der Waals surface area contributed by atoms with Crippen LogP contribution in [-0.4, -0.2) is 33.5 Å². The number of carbonyl (C=O) groups excluding carboxylic acids is 1. The van der Waals surface area contributed by atoms with E-state index in [2.05, 4.69) is 0 Å². The largest absolute Gasteiger partial charge is 0.508 e. The summed E-state index contributed by atoms with van der Waals surface area (Å²) in [7, 11) is 0. The number of benzene rings is 3. The summed E-state index contributed by atoms with van der Waals surface area (Å²) < 4.78 is 21.4. The molecule has 4 aromatic rings. The van der Waals surface area contributed by atoms with E-state index in [1.54, 1.807) is 53.4 Å². The van der Waals surface area contributed by atoms with Gasteiger partial charge in [0.15, 0.2) is 5.75 Å². The first-order chi connectivity index (χ1) is 17.4. The van der Waals surface area contributed by atoms with E-state index in [9.17, 15) is 19.1 Å². The fourth-order valence-corrected chi connectivity index (χ4v) is 5.49. The molecule has 182 valence electrons. The highest BCUT2D eigenvalue weighted by Gasteiger charge is 2.24. The van der Waals surface area contributed by atoms with E-state index in [-0.39, 0.29) is 17.5 Å². The Morgan fingerprint density at radius 1 is 1.11 bits per heavy atom. The molecule has 0 unspecified atom stereocenters. The first kappa shape index (κ1) is 23.6. The Morgan fingerprint density at radius 2 is 1.92 bits per heavy atom. The van der Waals surface area contributed by atoms with E-state index in [0.29, 0.717) is 42.1 Å². The quantitative estimate of drug-likeness (QED) is 0.284. The van der Waals surface area contributed by atoms with Crippen LogP contribution >= 0.6 is 11.3 Å². The van der Waals surface area contributed by atoms with Gasteiger partial charge in [0.05, 0.1) is 4.88 Å². The highest BCUT2D eigenvalue weighted by Crippen LogP contribution is 2.48. The number of ether oxygens (including phenoxy) is 1.